The van der Waals surface area contributed by atoms with E-state index in [1.54, 1.807) is 20.8 Å². The Balaban J connectivity index is 1.53. The number of alkyl halides is 3. The number of carboxylic acid groups (broad SMARTS) is 1. The summed E-state index contributed by atoms with van der Waals surface area (Å²) < 4.78 is 67.6. The van der Waals surface area contributed by atoms with E-state index in [0.717, 1.165) is 48.5 Å². The molecule has 2 N–H and O–H groups in total. The predicted octanol–water partition coefficient (Wildman–Crippen LogP) is 9.99. The Bertz CT molecular complexity index is 2050. The monoisotopic (exact) mass is 865 g/mol. The number of guanidine groups is 1. The Kier molecular flexibility index (Phi) is 15.4. The third-order valence-electron chi connectivity index (χ3n) is 10.5. The maximum Gasteiger partial charge on any atom is 0.434 e. The molecule has 1 saturated heterocycles. The van der Waals surface area contributed by atoms with Crippen molar-refractivity contribution in [2.45, 2.75) is 116 Å². The quantitative estimate of drug-likeness (QED) is 0.0512. The maximum atomic E-state index is 14.5. The van der Waals surface area contributed by atoms with Gasteiger partial charge in [-0.3, -0.25) is 5.32 Å². The SMILES string of the molecule is CCCCCCCCOc1ccc(-c2noc([C@@H]3[C@@H](CO[Si](c4ccccc4)(c4ccccc4)C(C)(C)C)CCN3C(=NC(=O)O)NC(=O)OC(C)(C)C)n2)cc1C(F)(F)F. The van der Waals surface area contributed by atoms with Gasteiger partial charge in [0.25, 0.3) is 8.32 Å². The number of hydrogen-bond acceptors (Lipinski definition) is 8. The number of carbonyl (C=O) groups is 2. The molecule has 0 radical (unpaired) electrons. The normalized spacial score (nSPS) is 16.4. The van der Waals surface area contributed by atoms with Gasteiger partial charge in [0.05, 0.1) is 12.2 Å². The molecule has 0 saturated carbocycles. The lowest BCUT2D eigenvalue weighted by atomic mass is 10.0. The number of amides is 2. The molecule has 5 rings (SSSR count). The lowest BCUT2D eigenvalue weighted by molar-refractivity contribution is -0.138. The lowest BCUT2D eigenvalue weighted by Gasteiger charge is -2.43. The van der Waals surface area contributed by atoms with Crippen LogP contribution in [0.2, 0.25) is 5.04 Å². The van der Waals surface area contributed by atoms with Crippen LogP contribution in [-0.2, 0) is 15.3 Å². The number of likely N-dealkylation sites (tertiary alicyclic amines) is 1. The minimum Gasteiger partial charge on any atom is -0.493 e. The van der Waals surface area contributed by atoms with Gasteiger partial charge in [-0.05, 0) is 67.2 Å². The molecular weight excluding hydrogens is 808 g/mol. The molecule has 0 bridgehead atoms. The molecule has 61 heavy (non-hydrogen) atoms. The van der Waals surface area contributed by atoms with Crippen molar-refractivity contribution in [3.63, 3.8) is 0 Å². The zero-order chi connectivity index (χ0) is 44.4. The number of rotatable bonds is 15. The molecule has 16 heteroatoms. The number of hydrogen-bond donors (Lipinski definition) is 2. The van der Waals surface area contributed by atoms with E-state index in [2.05, 4.69) is 72.4 Å². The summed E-state index contributed by atoms with van der Waals surface area (Å²) in [7, 11) is -3.09. The molecule has 12 nitrogen and oxygen atoms in total. The fraction of sp³-hybridized carbons (Fsp3) is 0.489. The summed E-state index contributed by atoms with van der Waals surface area (Å²) >= 11 is 0. The van der Waals surface area contributed by atoms with E-state index in [9.17, 15) is 27.9 Å². The van der Waals surface area contributed by atoms with Gasteiger partial charge in [0.2, 0.25) is 17.7 Å². The highest BCUT2D eigenvalue weighted by molar-refractivity contribution is 6.99. The van der Waals surface area contributed by atoms with E-state index >= 15 is 0 Å². The first-order valence-corrected chi connectivity index (χ1v) is 22.8. The van der Waals surface area contributed by atoms with Crippen LogP contribution in [0, 0.1) is 5.92 Å². The van der Waals surface area contributed by atoms with Crippen molar-refractivity contribution < 1.29 is 46.3 Å². The van der Waals surface area contributed by atoms with Crippen LogP contribution in [0.15, 0.2) is 88.4 Å². The molecule has 1 aromatic heterocycles. The largest absolute Gasteiger partial charge is 0.493 e. The number of ether oxygens (including phenoxy) is 2. The van der Waals surface area contributed by atoms with E-state index in [1.165, 1.54) is 17.0 Å². The van der Waals surface area contributed by atoms with Crippen LogP contribution in [0.4, 0.5) is 22.8 Å². The van der Waals surface area contributed by atoms with Gasteiger partial charge in [-0.2, -0.15) is 18.2 Å². The Morgan fingerprint density at radius 3 is 2.11 bits per heavy atom. The summed E-state index contributed by atoms with van der Waals surface area (Å²) in [6, 6.07) is 22.8. The Morgan fingerprint density at radius 2 is 1.54 bits per heavy atom. The molecular formula is C45H58F3N5O7Si. The number of nitrogens with one attached hydrogen (secondary N) is 1. The second-order valence-corrected chi connectivity index (χ2v) is 21.6. The van der Waals surface area contributed by atoms with Crippen LogP contribution >= 0.6 is 0 Å². The highest BCUT2D eigenvalue weighted by Gasteiger charge is 2.52. The lowest BCUT2D eigenvalue weighted by Crippen LogP contribution is -2.67. The first-order chi connectivity index (χ1) is 28.8. The van der Waals surface area contributed by atoms with Crippen molar-refractivity contribution in [1.29, 1.82) is 0 Å². The zero-order valence-corrected chi connectivity index (χ0v) is 37.1. The third kappa shape index (κ3) is 12.0. The molecule has 2 amide bonds. The van der Waals surface area contributed by atoms with Gasteiger partial charge in [-0.25, -0.2) is 9.59 Å². The van der Waals surface area contributed by atoms with Crippen LogP contribution < -0.4 is 20.4 Å². The van der Waals surface area contributed by atoms with Gasteiger partial charge >= 0.3 is 18.4 Å². The van der Waals surface area contributed by atoms with E-state index < -0.39 is 49.8 Å². The fourth-order valence-electron chi connectivity index (χ4n) is 7.80. The molecule has 4 aromatic rings. The summed E-state index contributed by atoms with van der Waals surface area (Å²) in [5, 5.41) is 18.2. The number of halogens is 3. The minimum absolute atomic E-state index is 0.0326. The van der Waals surface area contributed by atoms with E-state index in [-0.39, 0.29) is 53.8 Å². The fourth-order valence-corrected chi connectivity index (χ4v) is 12.4. The van der Waals surface area contributed by atoms with Crippen molar-refractivity contribution in [2.75, 3.05) is 19.8 Å². The Labute approximate surface area is 357 Å². The van der Waals surface area contributed by atoms with Gasteiger partial charge in [-0.15, -0.1) is 4.99 Å². The van der Waals surface area contributed by atoms with E-state index in [0.29, 0.717) is 12.8 Å². The summed E-state index contributed by atoms with van der Waals surface area (Å²) in [5.74, 6) is -1.26. The maximum absolute atomic E-state index is 14.5. The van der Waals surface area contributed by atoms with Crippen LogP contribution in [0.3, 0.4) is 0 Å². The third-order valence-corrected chi connectivity index (χ3v) is 15.5. The van der Waals surface area contributed by atoms with Crippen molar-refractivity contribution in [3.05, 3.63) is 90.3 Å². The second-order valence-electron chi connectivity index (χ2n) is 17.3. The van der Waals surface area contributed by atoms with Gasteiger partial charge < -0.3 is 28.4 Å². The topological polar surface area (TPSA) is 149 Å². The standard InChI is InChI=1S/C45H58F3N5O7Si/c1-8-9-10-11-12-19-28-57-36-25-24-31(29-35(36)45(46,47)48)38-49-39(60-52-38)37-32(26-27-53(37)40(50-41(54)55)51-42(56)59-43(2,3)4)30-58-61(44(5,6)7,33-20-15-13-16-21-33)34-22-17-14-18-23-34/h13-18,20-25,29,32,37H,8-12,19,26-28,30H2,1-7H3,(H,54,55)(H,50,51,56)/t32-,37+/m1/s1. The van der Waals surface area contributed by atoms with Crippen LogP contribution in [-0.4, -0.2) is 72.0 Å². The smallest absolute Gasteiger partial charge is 0.434 e. The van der Waals surface area contributed by atoms with Gasteiger partial charge in [0.15, 0.2) is 0 Å². The molecule has 330 valence electrons. The molecule has 1 aliphatic heterocycles. The number of benzene rings is 3. The summed E-state index contributed by atoms with van der Waals surface area (Å²) in [4.78, 5) is 35.1. The van der Waals surface area contributed by atoms with Gasteiger partial charge in [0, 0.05) is 24.6 Å². The van der Waals surface area contributed by atoms with Crippen LogP contribution in [0.5, 0.6) is 5.75 Å². The molecule has 0 unspecified atom stereocenters. The number of aromatic nitrogens is 2. The first kappa shape index (κ1) is 46.8. The zero-order valence-electron chi connectivity index (χ0n) is 36.1. The van der Waals surface area contributed by atoms with E-state index in [1.807, 2.05) is 36.4 Å². The first-order valence-electron chi connectivity index (χ1n) is 20.9. The predicted molar refractivity (Wildman–Crippen MR) is 230 cm³/mol. The molecule has 3 aromatic carbocycles. The van der Waals surface area contributed by atoms with Crippen molar-refractivity contribution in [3.8, 4) is 17.1 Å². The molecule has 2 atom stereocenters. The van der Waals surface area contributed by atoms with Gasteiger partial charge in [-0.1, -0.05) is 126 Å². The number of unbranched alkanes of at least 4 members (excludes halogenated alkanes) is 5. The summed E-state index contributed by atoms with van der Waals surface area (Å²) in [5.41, 5.74) is -1.86. The van der Waals surface area contributed by atoms with E-state index in [4.69, 9.17) is 18.4 Å². The summed E-state index contributed by atoms with van der Waals surface area (Å²) in [6.45, 7) is 14.0. The Hall–Kier alpha value is -5.22. The number of carbonyl (C=O) groups excluding carboxylic acids is 1. The van der Waals surface area contributed by atoms with Crippen molar-refractivity contribution >= 4 is 36.8 Å². The van der Waals surface area contributed by atoms with Crippen LogP contribution in [0.25, 0.3) is 11.4 Å². The molecule has 1 fully saturated rings. The highest BCUT2D eigenvalue weighted by atomic mass is 28.4. The van der Waals surface area contributed by atoms with Crippen LogP contribution in [0.1, 0.15) is 111 Å². The minimum atomic E-state index is -4.74. The molecule has 1 aliphatic rings. The Morgan fingerprint density at radius 1 is 0.918 bits per heavy atom. The molecule has 2 heterocycles. The van der Waals surface area contributed by atoms with Crippen molar-refractivity contribution in [1.82, 2.24) is 20.4 Å². The number of alkyl carbamates (subject to hydrolysis) is 1. The average molecular weight is 866 g/mol. The summed E-state index contributed by atoms with van der Waals surface area (Å²) in [6.07, 6.45) is -1.08. The molecule has 0 aliphatic carbocycles. The highest BCUT2D eigenvalue weighted by Crippen LogP contribution is 2.43. The second kappa shape index (κ2) is 20.1. The van der Waals surface area contributed by atoms with Crippen molar-refractivity contribution in [2.24, 2.45) is 10.9 Å². The average Bonchev–Trinajstić information content (AvgIpc) is 3.84. The number of aliphatic imine (C=N–C) groups is 1. The van der Waals surface area contributed by atoms with Gasteiger partial charge in [0.1, 0.15) is 17.4 Å². The number of nitrogens with zero attached hydrogens (tertiary/aromatic N) is 4. The molecule has 0 spiro atoms.